The maximum absolute atomic E-state index is 4.05. The molecule has 0 amide bonds. The molecule has 44 valence electrons. The van der Waals surface area contributed by atoms with E-state index in [4.69, 9.17) is 0 Å². The van der Waals surface area contributed by atoms with E-state index in [0.29, 0.717) is 0 Å². The minimum Gasteiger partial charge on any atom is -0.392 e. The molecule has 2 aromatic heterocycles. The van der Waals surface area contributed by atoms with E-state index < -0.39 is 0 Å². The van der Waals surface area contributed by atoms with Gasteiger partial charge < -0.3 is 4.98 Å². The number of pyridine rings is 1. The second kappa shape index (κ2) is 3.89. The van der Waals surface area contributed by atoms with Gasteiger partial charge in [0.1, 0.15) is 0 Å². The van der Waals surface area contributed by atoms with Gasteiger partial charge in [0.05, 0.1) is 5.51 Å². The van der Waals surface area contributed by atoms with Crippen molar-refractivity contribution in [3.05, 3.63) is 24.0 Å². The van der Waals surface area contributed by atoms with Crippen molar-refractivity contribution in [1.29, 1.82) is 0 Å². The minimum absolute atomic E-state index is 0. The molecule has 0 aromatic carbocycles. The van der Waals surface area contributed by atoms with Gasteiger partial charge in [-0.3, -0.25) is 4.98 Å². The van der Waals surface area contributed by atoms with E-state index in [-0.39, 0.29) is 51.4 Å². The summed E-state index contributed by atoms with van der Waals surface area (Å²) in [6, 6.07) is 1.84. The first kappa shape index (κ1) is 8.77. The third kappa shape index (κ3) is 1.64. The fraction of sp³-hybridized carbons (Fsp3) is 0. The van der Waals surface area contributed by atoms with Crippen LogP contribution in [-0.2, 0) is 0 Å². The summed E-state index contributed by atoms with van der Waals surface area (Å²) in [6.45, 7) is 0. The van der Waals surface area contributed by atoms with Crippen molar-refractivity contribution < 1.29 is 51.4 Å². The first-order valence-electron chi connectivity index (χ1n) is 2.52. The average Bonchev–Trinajstić information content (AvgIpc) is 2.33. The van der Waals surface area contributed by atoms with Crippen LogP contribution in [0.4, 0.5) is 0 Å². The molecule has 0 aliphatic carbocycles. The first-order chi connectivity index (χ1) is 4.47. The van der Waals surface area contributed by atoms with Crippen molar-refractivity contribution >= 4 is 21.6 Å². The predicted molar refractivity (Wildman–Crippen MR) is 36.3 cm³/mol. The third-order valence-corrected chi connectivity index (χ3v) is 1.87. The van der Waals surface area contributed by atoms with Crippen LogP contribution in [0.1, 0.15) is 0 Å². The Morgan fingerprint density at radius 2 is 2.40 bits per heavy atom. The Hall–Kier alpha value is 0.676. The first-order valence-corrected chi connectivity index (χ1v) is 3.40. The zero-order chi connectivity index (χ0) is 6.10. The van der Waals surface area contributed by atoms with Crippen LogP contribution in [0.2, 0.25) is 0 Å². The van der Waals surface area contributed by atoms with Crippen LogP contribution >= 0.6 is 11.3 Å². The topological polar surface area (TPSA) is 25.8 Å². The number of fused-ring (bicyclic) bond motifs is 1. The van der Waals surface area contributed by atoms with Crippen LogP contribution in [0.3, 0.4) is 0 Å². The molecule has 0 unspecified atom stereocenters. The van der Waals surface area contributed by atoms with Crippen molar-refractivity contribution in [3.63, 3.8) is 0 Å². The van der Waals surface area contributed by atoms with Gasteiger partial charge >= 0.3 is 51.4 Å². The predicted octanol–water partition coefficient (Wildman–Crippen LogP) is -1.50. The summed E-state index contributed by atoms with van der Waals surface area (Å²) in [4.78, 5) is 7.86. The molecule has 0 fully saturated rings. The molecule has 2 heterocycles. The standard InChI is InChI=1S/C6H3N2S.K/c1-2-7-3-5-6(1)9-4-8-5;/h1,3-4H;/q-1;+1. The molecule has 2 nitrogen and oxygen atoms in total. The molecule has 2 aromatic rings. The van der Waals surface area contributed by atoms with Crippen LogP contribution in [-0.4, -0.2) is 9.97 Å². The number of hydrogen-bond acceptors (Lipinski definition) is 3. The molecule has 0 spiro atoms. The van der Waals surface area contributed by atoms with Crippen LogP contribution in [0.25, 0.3) is 10.2 Å². The molecule has 0 saturated heterocycles. The third-order valence-electron chi connectivity index (χ3n) is 1.08. The van der Waals surface area contributed by atoms with Gasteiger partial charge in [0, 0.05) is 0 Å². The molecule has 0 saturated carbocycles. The zero-order valence-electron chi connectivity index (χ0n) is 5.53. The molecular weight excluding hydrogens is 171 g/mol. The fourth-order valence-corrected chi connectivity index (χ4v) is 1.29. The van der Waals surface area contributed by atoms with Gasteiger partial charge in [0.25, 0.3) is 0 Å². The Balaban J connectivity index is 0.000000500. The normalized spacial score (nSPS) is 9.20. The van der Waals surface area contributed by atoms with E-state index in [0.717, 1.165) is 10.2 Å². The van der Waals surface area contributed by atoms with Gasteiger partial charge in [-0.15, -0.1) is 6.07 Å². The van der Waals surface area contributed by atoms with E-state index in [2.05, 4.69) is 16.2 Å². The number of thiazole rings is 1. The largest absolute Gasteiger partial charge is 1.00 e. The molecule has 0 N–H and O–H groups in total. The van der Waals surface area contributed by atoms with Crippen molar-refractivity contribution in [2.24, 2.45) is 0 Å². The molecule has 0 atom stereocenters. The second-order valence-electron chi connectivity index (χ2n) is 1.63. The van der Waals surface area contributed by atoms with Crippen molar-refractivity contribution in [1.82, 2.24) is 9.97 Å². The fourth-order valence-electron chi connectivity index (χ4n) is 0.663. The summed E-state index contributed by atoms with van der Waals surface area (Å²) in [5.74, 6) is 0. The van der Waals surface area contributed by atoms with Crippen LogP contribution < -0.4 is 51.4 Å². The van der Waals surface area contributed by atoms with Crippen molar-refractivity contribution in [3.8, 4) is 0 Å². The molecule has 4 heteroatoms. The van der Waals surface area contributed by atoms with E-state index in [1.165, 1.54) is 0 Å². The van der Waals surface area contributed by atoms with Gasteiger partial charge in [-0.25, -0.2) is 0 Å². The quantitative estimate of drug-likeness (QED) is 0.359. The van der Waals surface area contributed by atoms with Crippen molar-refractivity contribution in [2.45, 2.75) is 0 Å². The summed E-state index contributed by atoms with van der Waals surface area (Å²) >= 11 is 1.60. The Morgan fingerprint density at radius 3 is 3.20 bits per heavy atom. The summed E-state index contributed by atoms with van der Waals surface area (Å²) in [5, 5.41) is 0. The van der Waals surface area contributed by atoms with Crippen LogP contribution in [0.5, 0.6) is 0 Å². The molecule has 0 aliphatic rings. The Bertz CT molecular complexity index is 290. The summed E-state index contributed by atoms with van der Waals surface area (Å²) in [5.41, 5.74) is 2.76. The molecule has 0 aliphatic heterocycles. The van der Waals surface area contributed by atoms with E-state index in [9.17, 15) is 0 Å². The van der Waals surface area contributed by atoms with E-state index in [1.807, 2.05) is 6.07 Å². The van der Waals surface area contributed by atoms with E-state index >= 15 is 0 Å². The van der Waals surface area contributed by atoms with E-state index in [1.54, 1.807) is 23.0 Å². The van der Waals surface area contributed by atoms with Crippen LogP contribution in [0, 0.1) is 6.20 Å². The van der Waals surface area contributed by atoms with Gasteiger partial charge in [-0.2, -0.15) is 11.3 Å². The van der Waals surface area contributed by atoms with Gasteiger partial charge in [-0.05, 0) is 5.52 Å². The SMILES string of the molecule is [K+].[c-]1cc2scnc2cn1. The molecule has 0 bridgehead atoms. The second-order valence-corrected chi connectivity index (χ2v) is 2.52. The molecule has 2 rings (SSSR count). The Kier molecular flexibility index (Phi) is 3.42. The maximum Gasteiger partial charge on any atom is 1.00 e. The summed E-state index contributed by atoms with van der Waals surface area (Å²) in [7, 11) is 0. The summed E-state index contributed by atoms with van der Waals surface area (Å²) in [6.07, 6.45) is 4.46. The average molecular weight is 174 g/mol. The molecular formula is C6H3KN2S. The van der Waals surface area contributed by atoms with Crippen LogP contribution in [0.15, 0.2) is 17.8 Å². The molecule has 10 heavy (non-hydrogen) atoms. The Labute approximate surface area is 105 Å². The molecule has 0 radical (unpaired) electrons. The van der Waals surface area contributed by atoms with Gasteiger partial charge in [0.15, 0.2) is 0 Å². The number of nitrogens with zero attached hydrogens (tertiary/aromatic N) is 2. The van der Waals surface area contributed by atoms with Gasteiger partial charge in [0.2, 0.25) is 0 Å². The number of aromatic nitrogens is 2. The zero-order valence-corrected chi connectivity index (χ0v) is 9.47. The monoisotopic (exact) mass is 174 g/mol. The Morgan fingerprint density at radius 1 is 1.50 bits per heavy atom. The summed E-state index contributed by atoms with van der Waals surface area (Å²) < 4.78 is 1.14. The minimum atomic E-state index is 0. The number of rotatable bonds is 0. The smallest absolute Gasteiger partial charge is 0.392 e. The number of hydrogen-bond donors (Lipinski definition) is 0. The van der Waals surface area contributed by atoms with Crippen molar-refractivity contribution in [2.75, 3.05) is 0 Å². The maximum atomic E-state index is 4.05. The van der Waals surface area contributed by atoms with Gasteiger partial charge in [-0.1, -0.05) is 17.1 Å².